The van der Waals surface area contributed by atoms with Gasteiger partial charge in [-0.05, 0) is 5.56 Å². The number of carboxylic acids is 1. The van der Waals surface area contributed by atoms with Crippen molar-refractivity contribution in [2.45, 2.75) is 18.5 Å². The molecule has 0 spiro atoms. The largest absolute Gasteiger partial charge is 0.480 e. The Morgan fingerprint density at radius 3 is 2.04 bits per heavy atom. The molecular formula is C29H37N9O11. The van der Waals surface area contributed by atoms with E-state index in [9.17, 15) is 43.2 Å². The van der Waals surface area contributed by atoms with Crippen molar-refractivity contribution < 1.29 is 53.0 Å². The number of aliphatic carboxylic acids is 1. The van der Waals surface area contributed by atoms with Crippen LogP contribution in [0.4, 0.5) is 0 Å². The van der Waals surface area contributed by atoms with E-state index in [4.69, 9.17) is 9.84 Å². The van der Waals surface area contributed by atoms with Crippen LogP contribution in [-0.4, -0.2) is 121 Å². The molecule has 0 saturated carbocycles. The quantitative estimate of drug-likeness (QED) is 0.0239. The summed E-state index contributed by atoms with van der Waals surface area (Å²) >= 11 is 0. The van der Waals surface area contributed by atoms with Crippen LogP contribution in [0.5, 0.6) is 0 Å². The lowest BCUT2D eigenvalue weighted by Gasteiger charge is -2.25. The zero-order valence-corrected chi connectivity index (χ0v) is 26.1. The van der Waals surface area contributed by atoms with E-state index in [2.05, 4.69) is 49.3 Å². The molecule has 0 bridgehead atoms. The van der Waals surface area contributed by atoms with E-state index in [-0.39, 0.29) is 19.8 Å². The fourth-order valence-corrected chi connectivity index (χ4v) is 3.96. The second-order valence-electron chi connectivity index (χ2n) is 9.93. The molecule has 20 heteroatoms. The van der Waals surface area contributed by atoms with Crippen molar-refractivity contribution in [3.63, 3.8) is 0 Å². The molecule has 0 fully saturated rings. The van der Waals surface area contributed by atoms with Gasteiger partial charge in [-0.15, -0.1) is 0 Å². The maximum absolute atomic E-state index is 12.9. The molecule has 1 aliphatic rings. The van der Waals surface area contributed by atoms with E-state index in [0.29, 0.717) is 10.5 Å². The van der Waals surface area contributed by atoms with E-state index in [1.54, 1.807) is 30.3 Å². The van der Waals surface area contributed by atoms with Gasteiger partial charge in [0.2, 0.25) is 29.5 Å². The third kappa shape index (κ3) is 14.9. The lowest BCUT2D eigenvalue weighted by molar-refractivity contribution is -0.145. The average molecular weight is 688 g/mol. The highest BCUT2D eigenvalue weighted by Crippen LogP contribution is 2.09. The summed E-state index contributed by atoms with van der Waals surface area (Å²) in [6.45, 7) is -0.0835. The molecule has 8 amide bonds. The van der Waals surface area contributed by atoms with Crippen LogP contribution in [0, 0.1) is 0 Å². The molecule has 1 heterocycles. The fraction of sp³-hybridized carbons (Fsp3) is 0.345. The number of nitrogens with zero attached hydrogens (tertiary/aromatic N) is 1. The van der Waals surface area contributed by atoms with Crippen LogP contribution < -0.4 is 42.8 Å². The number of nitrogens with one attached hydrogen (secondary N) is 8. The topological polar surface area (TPSA) is 283 Å². The number of amides is 8. The third-order valence-corrected chi connectivity index (χ3v) is 6.22. The number of imide groups is 1. The molecule has 20 nitrogen and oxygen atoms in total. The number of hydrazine groups is 1. The van der Waals surface area contributed by atoms with Gasteiger partial charge in [0.05, 0.1) is 26.2 Å². The number of rotatable bonds is 22. The van der Waals surface area contributed by atoms with Gasteiger partial charge in [-0.3, -0.25) is 53.5 Å². The second kappa shape index (κ2) is 20.9. The normalized spacial score (nSPS) is 13.0. The molecule has 2 rings (SSSR count). The number of carboxylic acid groups (broad SMARTS) is 1. The summed E-state index contributed by atoms with van der Waals surface area (Å²) in [7, 11) is 0. The Balaban J connectivity index is 1.87. The Morgan fingerprint density at radius 2 is 1.41 bits per heavy atom. The van der Waals surface area contributed by atoms with Crippen LogP contribution in [0.2, 0.25) is 0 Å². The van der Waals surface area contributed by atoms with Crippen molar-refractivity contribution in [3.05, 3.63) is 60.8 Å². The standard InChI is InChI=1S/C29H37N9O11/c1-2-35-37-24(42)16-49-17-34-22(40)13-32-28(47)19(10-18-6-4-3-5-7-18)36-23(41)14-31-21(39)12-33-29(48)20(11-30-15-27(45)46)38-25(43)8-9-26(38)44/h2-9,19-20,30,35H,1,10-17H2,(H,31,39)(H,32,47)(H,33,48)(H,34,40)(H,36,41)(H,37,42)(H,45,46)/t19-,20-/m0/s1. The third-order valence-electron chi connectivity index (χ3n) is 6.22. The van der Waals surface area contributed by atoms with Gasteiger partial charge in [0.1, 0.15) is 25.4 Å². The number of carbonyl (C=O) groups excluding carboxylic acids is 8. The lowest BCUT2D eigenvalue weighted by Crippen LogP contribution is -2.56. The molecule has 49 heavy (non-hydrogen) atoms. The summed E-state index contributed by atoms with van der Waals surface area (Å²) in [5, 5.41) is 23.0. The van der Waals surface area contributed by atoms with Gasteiger partial charge < -0.3 is 47.2 Å². The highest BCUT2D eigenvalue weighted by atomic mass is 16.5. The molecule has 1 aromatic rings. The van der Waals surface area contributed by atoms with E-state index in [0.717, 1.165) is 12.2 Å². The number of hydrogen-bond acceptors (Lipinski definition) is 12. The zero-order valence-electron chi connectivity index (χ0n) is 26.1. The Kier molecular flexibility index (Phi) is 16.6. The maximum atomic E-state index is 12.9. The molecule has 2 atom stereocenters. The monoisotopic (exact) mass is 687 g/mol. The highest BCUT2D eigenvalue weighted by molar-refractivity contribution is 6.15. The minimum absolute atomic E-state index is 0.0289. The Morgan fingerprint density at radius 1 is 0.796 bits per heavy atom. The molecule has 1 aliphatic heterocycles. The summed E-state index contributed by atoms with van der Waals surface area (Å²) in [6.07, 6.45) is 3.15. The first-order valence-electron chi connectivity index (χ1n) is 14.5. The van der Waals surface area contributed by atoms with Gasteiger partial charge in [0, 0.05) is 31.3 Å². The van der Waals surface area contributed by atoms with Crippen molar-refractivity contribution in [1.29, 1.82) is 0 Å². The summed E-state index contributed by atoms with van der Waals surface area (Å²) in [5.74, 6) is -7.29. The predicted molar refractivity (Wildman–Crippen MR) is 167 cm³/mol. The smallest absolute Gasteiger partial charge is 0.317 e. The van der Waals surface area contributed by atoms with Crippen LogP contribution in [0.25, 0.3) is 0 Å². The molecule has 0 aliphatic carbocycles. The number of benzene rings is 1. The Labute approximate surface area is 279 Å². The van der Waals surface area contributed by atoms with E-state index in [1.165, 1.54) is 6.20 Å². The molecule has 0 unspecified atom stereocenters. The molecule has 1 aromatic carbocycles. The number of hydrogen-bond donors (Lipinski definition) is 9. The van der Waals surface area contributed by atoms with Crippen LogP contribution in [0.1, 0.15) is 5.56 Å². The van der Waals surface area contributed by atoms with Crippen LogP contribution >= 0.6 is 0 Å². The number of carbonyl (C=O) groups is 9. The van der Waals surface area contributed by atoms with Gasteiger partial charge >= 0.3 is 5.97 Å². The summed E-state index contributed by atoms with van der Waals surface area (Å²) in [4.78, 5) is 110. The van der Waals surface area contributed by atoms with Crippen molar-refractivity contribution in [2.75, 3.05) is 46.1 Å². The Hall–Kier alpha value is -6.15. The first kappa shape index (κ1) is 39.0. The SMILES string of the molecule is C=CNNC(=O)COCNC(=O)CNC(=O)[C@H](Cc1ccccc1)NC(=O)CNC(=O)CNC(=O)[C@H](CNCC(=O)O)N1C(=O)C=CC1=O. The highest BCUT2D eigenvalue weighted by Gasteiger charge is 2.35. The van der Waals surface area contributed by atoms with Gasteiger partial charge in [-0.25, -0.2) is 0 Å². The molecule has 264 valence electrons. The molecule has 0 radical (unpaired) electrons. The summed E-state index contributed by atoms with van der Waals surface area (Å²) in [6, 6.07) is 5.99. The van der Waals surface area contributed by atoms with E-state index >= 15 is 0 Å². The van der Waals surface area contributed by atoms with Gasteiger partial charge in [-0.1, -0.05) is 36.9 Å². The lowest BCUT2D eigenvalue weighted by atomic mass is 10.1. The maximum Gasteiger partial charge on any atom is 0.317 e. The summed E-state index contributed by atoms with van der Waals surface area (Å²) < 4.78 is 4.99. The number of ether oxygens (including phenoxy) is 1. The van der Waals surface area contributed by atoms with E-state index in [1.807, 2.05) is 0 Å². The predicted octanol–water partition coefficient (Wildman–Crippen LogP) is -5.12. The van der Waals surface area contributed by atoms with Crippen LogP contribution in [-0.2, 0) is 54.3 Å². The molecule has 0 saturated heterocycles. The summed E-state index contributed by atoms with van der Waals surface area (Å²) in [5.41, 5.74) is 5.28. The van der Waals surface area contributed by atoms with Gasteiger partial charge in [0.15, 0.2) is 0 Å². The first-order valence-corrected chi connectivity index (χ1v) is 14.5. The van der Waals surface area contributed by atoms with Gasteiger partial charge in [-0.2, -0.15) is 0 Å². The van der Waals surface area contributed by atoms with Crippen molar-refractivity contribution in [3.8, 4) is 0 Å². The minimum Gasteiger partial charge on any atom is -0.480 e. The van der Waals surface area contributed by atoms with Crippen LogP contribution in [0.15, 0.2) is 55.3 Å². The van der Waals surface area contributed by atoms with Crippen molar-refractivity contribution >= 4 is 53.2 Å². The van der Waals surface area contributed by atoms with Crippen LogP contribution in [0.3, 0.4) is 0 Å². The molecular weight excluding hydrogens is 650 g/mol. The fourth-order valence-electron chi connectivity index (χ4n) is 3.96. The van der Waals surface area contributed by atoms with Crippen molar-refractivity contribution in [2.24, 2.45) is 0 Å². The van der Waals surface area contributed by atoms with Crippen molar-refractivity contribution in [1.82, 2.24) is 47.7 Å². The first-order chi connectivity index (χ1) is 23.4. The average Bonchev–Trinajstić information content (AvgIpc) is 3.41. The molecule has 9 N–H and O–H groups in total. The molecule has 0 aromatic heterocycles. The Bertz CT molecular complexity index is 1420. The second-order valence-corrected chi connectivity index (χ2v) is 9.93. The van der Waals surface area contributed by atoms with Gasteiger partial charge in [0.25, 0.3) is 17.7 Å². The van der Waals surface area contributed by atoms with E-state index < -0.39 is 98.0 Å². The minimum atomic E-state index is -1.47. The zero-order chi connectivity index (χ0) is 36.2.